The molecule has 39 heavy (non-hydrogen) atoms. The molecule has 2 aromatic rings. The third kappa shape index (κ3) is 9.51. The molecule has 0 radical (unpaired) electrons. The molecular weight excluding hydrogens is 610 g/mol. The van der Waals surface area contributed by atoms with E-state index in [4.69, 9.17) is 32.7 Å². The lowest BCUT2D eigenvalue weighted by molar-refractivity contribution is -0.890. The van der Waals surface area contributed by atoms with Gasteiger partial charge in [-0.2, -0.15) is 0 Å². The van der Waals surface area contributed by atoms with Gasteiger partial charge in [0.2, 0.25) is 9.84 Å². The number of aliphatic hydroxyl groups is 2. The minimum Gasteiger partial charge on any atom is -1.00 e. The summed E-state index contributed by atoms with van der Waals surface area (Å²) in [6.07, 6.45) is 3.45. The molecule has 220 valence electrons. The lowest BCUT2D eigenvalue weighted by Crippen LogP contribution is -3.11. The van der Waals surface area contributed by atoms with Gasteiger partial charge in [-0.3, -0.25) is 0 Å². The van der Waals surface area contributed by atoms with Crippen molar-refractivity contribution in [3.63, 3.8) is 0 Å². The molecule has 4 rings (SSSR count). The largest absolute Gasteiger partial charge is 1.00 e. The highest BCUT2D eigenvalue weighted by molar-refractivity contribution is 7.91. The van der Waals surface area contributed by atoms with Crippen molar-refractivity contribution in [1.82, 2.24) is 0 Å². The molecule has 2 aliphatic heterocycles. The second kappa shape index (κ2) is 15.8. The van der Waals surface area contributed by atoms with Crippen LogP contribution in [0.3, 0.4) is 0 Å². The number of hydrogen-bond donors (Lipinski definition) is 4. The van der Waals surface area contributed by atoms with Gasteiger partial charge in [-0.25, -0.2) is 8.42 Å². The van der Waals surface area contributed by atoms with Gasteiger partial charge in [0, 0.05) is 25.7 Å². The van der Waals surface area contributed by atoms with E-state index >= 15 is 0 Å². The molecule has 0 saturated carbocycles. The van der Waals surface area contributed by atoms with Crippen molar-refractivity contribution in [2.45, 2.75) is 47.7 Å². The standard InChI is InChI=1S/C26H34Cl2N2O6S.2ClH/c27-23-13-21(5-7-25(23)35-17-19(31)15-29-9-1-2-10-29)37(33,34)22-6-8-26(24(28)14-22)36-18-20(32)16-30-11-3-4-12-30;;/h5-8,13-14,19-20,31-32H,1-4,9-12,15-18H2;2*1H. The molecule has 2 fully saturated rings. The van der Waals surface area contributed by atoms with Crippen LogP contribution in [-0.2, 0) is 9.84 Å². The zero-order valence-electron chi connectivity index (χ0n) is 21.6. The normalized spacial score (nSPS) is 17.7. The molecule has 2 saturated heterocycles. The number of aliphatic hydroxyl groups excluding tert-OH is 2. The number of quaternary nitrogens is 2. The summed E-state index contributed by atoms with van der Waals surface area (Å²) in [5.74, 6) is 0.624. The molecule has 0 spiro atoms. The van der Waals surface area contributed by atoms with Gasteiger partial charge >= 0.3 is 0 Å². The van der Waals surface area contributed by atoms with Crippen LogP contribution < -0.4 is 44.1 Å². The van der Waals surface area contributed by atoms with E-state index in [-0.39, 0.29) is 57.9 Å². The Kier molecular flexibility index (Phi) is 13.9. The van der Waals surface area contributed by atoms with E-state index in [0.29, 0.717) is 24.6 Å². The fourth-order valence-electron chi connectivity index (χ4n) is 4.98. The minimum absolute atomic E-state index is 0. The van der Waals surface area contributed by atoms with Crippen LogP contribution in [0.15, 0.2) is 46.2 Å². The predicted octanol–water partition coefficient (Wildman–Crippen LogP) is -5.33. The third-order valence-electron chi connectivity index (χ3n) is 6.96. The summed E-state index contributed by atoms with van der Waals surface area (Å²) in [4.78, 5) is 2.72. The Hall–Kier alpha value is -1.01. The molecule has 2 aliphatic rings. The molecular formula is C26H36Cl4N2O6S. The minimum atomic E-state index is -3.90. The van der Waals surface area contributed by atoms with Gasteiger partial charge in [-0.1, -0.05) is 23.2 Å². The Morgan fingerprint density at radius 3 is 1.41 bits per heavy atom. The van der Waals surface area contributed by atoms with Crippen molar-refractivity contribution in [2.24, 2.45) is 0 Å². The maximum Gasteiger partial charge on any atom is 0.206 e. The van der Waals surface area contributed by atoms with Crippen molar-refractivity contribution >= 4 is 33.0 Å². The van der Waals surface area contributed by atoms with Crippen molar-refractivity contribution in [2.75, 3.05) is 52.5 Å². The molecule has 2 unspecified atom stereocenters. The Balaban J connectivity index is 0.00000267. The summed E-state index contributed by atoms with van der Waals surface area (Å²) >= 11 is 12.6. The van der Waals surface area contributed by atoms with E-state index in [2.05, 4.69) is 0 Å². The van der Waals surface area contributed by atoms with E-state index in [1.165, 1.54) is 71.9 Å². The number of hydrogen-bond acceptors (Lipinski definition) is 6. The van der Waals surface area contributed by atoms with E-state index in [1.54, 1.807) is 0 Å². The average Bonchev–Trinajstić information content (AvgIpc) is 3.57. The second-order valence-electron chi connectivity index (χ2n) is 9.94. The number of nitrogens with one attached hydrogen (secondary N) is 2. The second-order valence-corrected chi connectivity index (χ2v) is 12.7. The van der Waals surface area contributed by atoms with Gasteiger partial charge in [-0.15, -0.1) is 0 Å². The Labute approximate surface area is 252 Å². The lowest BCUT2D eigenvalue weighted by atomic mass is 10.3. The van der Waals surface area contributed by atoms with Crippen molar-refractivity contribution < 1.29 is 62.7 Å². The van der Waals surface area contributed by atoms with Crippen LogP contribution in [0, 0.1) is 0 Å². The number of rotatable bonds is 12. The summed E-state index contributed by atoms with van der Waals surface area (Å²) in [5, 5.41) is 20.8. The molecule has 0 aliphatic carbocycles. The van der Waals surface area contributed by atoms with Crippen LogP contribution in [0.2, 0.25) is 10.0 Å². The maximum atomic E-state index is 13.2. The number of ether oxygens (including phenoxy) is 2. The number of halogens is 4. The van der Waals surface area contributed by atoms with Crippen LogP contribution in [0.5, 0.6) is 11.5 Å². The first kappa shape index (κ1) is 34.2. The summed E-state index contributed by atoms with van der Waals surface area (Å²) in [6.45, 7) is 5.63. The zero-order valence-corrected chi connectivity index (χ0v) is 25.4. The highest BCUT2D eigenvalue weighted by Gasteiger charge is 2.24. The zero-order chi connectivity index (χ0) is 26.4. The Morgan fingerprint density at radius 2 is 1.08 bits per heavy atom. The van der Waals surface area contributed by atoms with Crippen molar-refractivity contribution in [3.8, 4) is 11.5 Å². The molecule has 13 heteroatoms. The van der Waals surface area contributed by atoms with E-state index in [1.807, 2.05) is 0 Å². The van der Waals surface area contributed by atoms with Crippen LogP contribution in [0.4, 0.5) is 0 Å². The third-order valence-corrected chi connectivity index (χ3v) is 9.30. The van der Waals surface area contributed by atoms with Crippen LogP contribution >= 0.6 is 23.2 Å². The molecule has 2 aromatic carbocycles. The average molecular weight is 646 g/mol. The van der Waals surface area contributed by atoms with Gasteiger partial charge in [0.25, 0.3) is 0 Å². The summed E-state index contributed by atoms with van der Waals surface area (Å²) in [5.41, 5.74) is 0. The molecule has 4 N–H and O–H groups in total. The summed E-state index contributed by atoms with van der Waals surface area (Å²) in [7, 11) is -3.90. The highest BCUT2D eigenvalue weighted by Crippen LogP contribution is 2.33. The first-order chi connectivity index (χ1) is 17.7. The quantitative estimate of drug-likeness (QED) is 0.184. The van der Waals surface area contributed by atoms with Gasteiger partial charge in [-0.05, 0) is 36.4 Å². The smallest absolute Gasteiger partial charge is 0.206 e. The van der Waals surface area contributed by atoms with Crippen LogP contribution in [0.1, 0.15) is 25.7 Å². The van der Waals surface area contributed by atoms with Crippen molar-refractivity contribution in [3.05, 3.63) is 46.4 Å². The molecule has 2 heterocycles. The molecule has 2 atom stereocenters. The molecule has 0 bridgehead atoms. The molecule has 0 aromatic heterocycles. The van der Waals surface area contributed by atoms with Gasteiger partial charge in [0.05, 0.1) is 46.0 Å². The molecule has 0 amide bonds. The van der Waals surface area contributed by atoms with E-state index < -0.39 is 22.0 Å². The monoisotopic (exact) mass is 644 g/mol. The highest BCUT2D eigenvalue weighted by atomic mass is 35.5. The Morgan fingerprint density at radius 1 is 0.718 bits per heavy atom. The summed E-state index contributed by atoms with van der Waals surface area (Å²) < 4.78 is 37.7. The van der Waals surface area contributed by atoms with Gasteiger partial charge in [0.15, 0.2) is 0 Å². The fourth-order valence-corrected chi connectivity index (χ4v) is 6.89. The topological polar surface area (TPSA) is 102 Å². The molecule has 8 nitrogen and oxygen atoms in total. The number of likely N-dealkylation sites (tertiary alicyclic amines) is 2. The van der Waals surface area contributed by atoms with Gasteiger partial charge < -0.3 is 54.3 Å². The van der Waals surface area contributed by atoms with Crippen molar-refractivity contribution in [1.29, 1.82) is 0 Å². The predicted molar refractivity (Wildman–Crippen MR) is 141 cm³/mol. The van der Waals surface area contributed by atoms with Gasteiger partial charge in [0.1, 0.15) is 50.0 Å². The van der Waals surface area contributed by atoms with E-state index in [9.17, 15) is 18.6 Å². The summed E-state index contributed by atoms with van der Waals surface area (Å²) in [6, 6.07) is 8.49. The number of benzene rings is 2. The fraction of sp³-hybridized carbons (Fsp3) is 0.538. The van der Waals surface area contributed by atoms with Crippen LogP contribution in [-0.4, -0.2) is 83.3 Å². The van der Waals surface area contributed by atoms with E-state index in [0.717, 1.165) is 26.2 Å². The van der Waals surface area contributed by atoms with Crippen LogP contribution in [0.25, 0.3) is 0 Å². The lowest BCUT2D eigenvalue weighted by Gasteiger charge is -2.18. The Bertz CT molecular complexity index is 1080. The number of sulfone groups is 1. The first-order valence-electron chi connectivity index (χ1n) is 12.9. The SMILES string of the molecule is O=S(=O)(c1ccc(OCC(O)C[NH+]2CCCC2)c(Cl)c1)c1ccc(OCC(O)C[NH+]2CCCC2)c(Cl)c1.[Cl-].[Cl-]. The first-order valence-corrected chi connectivity index (χ1v) is 15.1. The maximum absolute atomic E-state index is 13.2.